The molecule has 1 N–H and O–H groups in total. The van der Waals surface area contributed by atoms with Crippen LogP contribution in [0.15, 0.2) is 0 Å². The number of carboxylic acids is 1. The minimum Gasteiger partial charge on any atom is -0.480 e. The molecule has 0 saturated carbocycles. The number of hydrogen-bond donors (Lipinski definition) is 1. The maximum absolute atomic E-state index is 12.5. The number of carbonyl (C=O) groups is 2. The molecule has 4 heteroatoms. The Morgan fingerprint density at radius 1 is 1.35 bits per heavy atom. The summed E-state index contributed by atoms with van der Waals surface area (Å²) in [7, 11) is 0. The van der Waals surface area contributed by atoms with E-state index in [1.807, 2.05) is 0 Å². The lowest BCUT2D eigenvalue weighted by Crippen LogP contribution is -2.40. The summed E-state index contributed by atoms with van der Waals surface area (Å²) in [5.41, 5.74) is 0. The van der Waals surface area contributed by atoms with E-state index in [1.165, 1.54) is 25.7 Å². The third-order valence-corrected chi connectivity index (χ3v) is 4.35. The van der Waals surface area contributed by atoms with Crippen molar-refractivity contribution in [1.82, 2.24) is 4.90 Å². The molecular weight excluding hydrogens is 254 g/mol. The van der Waals surface area contributed by atoms with E-state index in [2.05, 4.69) is 13.8 Å². The van der Waals surface area contributed by atoms with Crippen LogP contribution in [0.4, 0.5) is 0 Å². The summed E-state index contributed by atoms with van der Waals surface area (Å²) in [4.78, 5) is 24.9. The maximum atomic E-state index is 12.5. The van der Waals surface area contributed by atoms with Crippen LogP contribution in [0.25, 0.3) is 0 Å². The van der Waals surface area contributed by atoms with Crippen LogP contribution in [-0.2, 0) is 9.59 Å². The summed E-state index contributed by atoms with van der Waals surface area (Å²) in [6, 6.07) is 0. The van der Waals surface area contributed by atoms with Crippen molar-refractivity contribution < 1.29 is 14.7 Å². The lowest BCUT2D eigenvalue weighted by molar-refractivity contribution is -0.146. The molecule has 0 spiro atoms. The van der Waals surface area contributed by atoms with Gasteiger partial charge >= 0.3 is 5.97 Å². The number of carbonyl (C=O) groups excluding carboxylic acids is 1. The fourth-order valence-corrected chi connectivity index (χ4v) is 3.08. The van der Waals surface area contributed by atoms with E-state index in [-0.39, 0.29) is 18.4 Å². The maximum Gasteiger partial charge on any atom is 0.323 e. The topological polar surface area (TPSA) is 57.6 Å². The third kappa shape index (κ3) is 5.51. The monoisotopic (exact) mass is 283 g/mol. The molecule has 2 atom stereocenters. The number of amides is 1. The quantitative estimate of drug-likeness (QED) is 0.695. The van der Waals surface area contributed by atoms with Gasteiger partial charge in [0.15, 0.2) is 0 Å². The second-order valence-electron chi connectivity index (χ2n) is 6.08. The Balaban J connectivity index is 2.52. The number of carboxylic acid groups (broad SMARTS) is 1. The summed E-state index contributed by atoms with van der Waals surface area (Å²) in [6.07, 6.45) is 8.86. The third-order valence-electron chi connectivity index (χ3n) is 4.35. The molecule has 0 aromatic rings. The highest BCUT2D eigenvalue weighted by Gasteiger charge is 2.31. The molecule has 116 valence electrons. The van der Waals surface area contributed by atoms with Gasteiger partial charge in [0, 0.05) is 12.5 Å². The Labute approximate surface area is 122 Å². The van der Waals surface area contributed by atoms with Crippen molar-refractivity contribution >= 4 is 11.9 Å². The molecule has 1 amide bonds. The molecule has 0 radical (unpaired) electrons. The Kier molecular flexibility index (Phi) is 7.63. The van der Waals surface area contributed by atoms with Crippen molar-refractivity contribution in [3.05, 3.63) is 0 Å². The van der Waals surface area contributed by atoms with Crippen molar-refractivity contribution in [2.45, 2.75) is 65.2 Å². The first kappa shape index (κ1) is 17.0. The predicted octanol–water partition coefficient (Wildman–Crippen LogP) is 3.31. The normalized spacial score (nSPS) is 21.6. The van der Waals surface area contributed by atoms with Gasteiger partial charge in [0.05, 0.1) is 0 Å². The van der Waals surface area contributed by atoms with Gasteiger partial charge in [-0.15, -0.1) is 0 Å². The molecule has 0 bridgehead atoms. The van der Waals surface area contributed by atoms with E-state index in [4.69, 9.17) is 5.11 Å². The Bertz CT molecular complexity index is 317. The largest absolute Gasteiger partial charge is 0.480 e. The van der Waals surface area contributed by atoms with Gasteiger partial charge < -0.3 is 10.0 Å². The van der Waals surface area contributed by atoms with E-state index < -0.39 is 5.97 Å². The van der Waals surface area contributed by atoms with Crippen molar-refractivity contribution in [3.8, 4) is 0 Å². The minimum absolute atomic E-state index is 0.0264. The zero-order valence-electron chi connectivity index (χ0n) is 12.9. The number of likely N-dealkylation sites (tertiary alicyclic amines) is 1. The number of aliphatic carboxylic acids is 1. The van der Waals surface area contributed by atoms with Crippen LogP contribution in [0.1, 0.15) is 65.2 Å². The van der Waals surface area contributed by atoms with E-state index >= 15 is 0 Å². The first-order valence-electron chi connectivity index (χ1n) is 8.06. The fourth-order valence-electron chi connectivity index (χ4n) is 3.08. The van der Waals surface area contributed by atoms with Gasteiger partial charge in [0.25, 0.3) is 0 Å². The van der Waals surface area contributed by atoms with Crippen LogP contribution in [-0.4, -0.2) is 35.0 Å². The van der Waals surface area contributed by atoms with Crippen LogP contribution in [0.3, 0.4) is 0 Å². The Morgan fingerprint density at radius 2 is 2.10 bits per heavy atom. The second-order valence-corrected chi connectivity index (χ2v) is 6.08. The highest BCUT2D eigenvalue weighted by Crippen LogP contribution is 2.28. The summed E-state index contributed by atoms with van der Waals surface area (Å²) >= 11 is 0. The molecule has 1 fully saturated rings. The molecule has 2 unspecified atom stereocenters. The number of nitrogens with zero attached hydrogens (tertiary/aromatic N) is 1. The molecule has 0 aromatic carbocycles. The van der Waals surface area contributed by atoms with Gasteiger partial charge in [-0.1, -0.05) is 46.0 Å². The van der Waals surface area contributed by atoms with Gasteiger partial charge in [-0.2, -0.15) is 0 Å². The first-order chi connectivity index (χ1) is 9.56. The molecule has 0 aromatic heterocycles. The first-order valence-corrected chi connectivity index (χ1v) is 8.06. The van der Waals surface area contributed by atoms with Gasteiger partial charge in [0.1, 0.15) is 6.54 Å². The molecule has 1 rings (SSSR count). The zero-order chi connectivity index (χ0) is 15.0. The number of hydrogen-bond acceptors (Lipinski definition) is 2. The number of rotatable bonds is 8. The van der Waals surface area contributed by atoms with E-state index in [0.717, 1.165) is 25.7 Å². The van der Waals surface area contributed by atoms with Gasteiger partial charge in [-0.3, -0.25) is 9.59 Å². The summed E-state index contributed by atoms with van der Waals surface area (Å²) in [5.74, 6) is -0.449. The lowest BCUT2D eigenvalue weighted by Gasteiger charge is -2.26. The molecule has 1 aliphatic heterocycles. The van der Waals surface area contributed by atoms with Crippen molar-refractivity contribution in [2.75, 3.05) is 13.1 Å². The van der Waals surface area contributed by atoms with Gasteiger partial charge in [-0.25, -0.2) is 0 Å². The van der Waals surface area contributed by atoms with Crippen LogP contribution in [0.5, 0.6) is 0 Å². The lowest BCUT2D eigenvalue weighted by atomic mass is 9.85. The van der Waals surface area contributed by atoms with Crippen LogP contribution in [0, 0.1) is 11.8 Å². The highest BCUT2D eigenvalue weighted by atomic mass is 16.4. The zero-order valence-corrected chi connectivity index (χ0v) is 12.9. The van der Waals surface area contributed by atoms with Crippen LogP contribution >= 0.6 is 0 Å². The van der Waals surface area contributed by atoms with Crippen molar-refractivity contribution in [3.63, 3.8) is 0 Å². The van der Waals surface area contributed by atoms with E-state index in [1.54, 1.807) is 4.90 Å². The minimum atomic E-state index is -0.908. The van der Waals surface area contributed by atoms with Crippen LogP contribution in [0.2, 0.25) is 0 Å². The summed E-state index contributed by atoms with van der Waals surface area (Å²) in [5, 5.41) is 8.91. The summed E-state index contributed by atoms with van der Waals surface area (Å²) in [6.45, 7) is 4.81. The van der Waals surface area contributed by atoms with Gasteiger partial charge in [0.2, 0.25) is 5.91 Å². The molecule has 20 heavy (non-hydrogen) atoms. The molecule has 1 saturated heterocycles. The van der Waals surface area contributed by atoms with E-state index in [0.29, 0.717) is 12.5 Å². The van der Waals surface area contributed by atoms with Gasteiger partial charge in [-0.05, 0) is 25.2 Å². The molecular formula is C16H29NO3. The average Bonchev–Trinajstić information content (AvgIpc) is 2.57. The van der Waals surface area contributed by atoms with E-state index in [9.17, 15) is 9.59 Å². The van der Waals surface area contributed by atoms with Crippen molar-refractivity contribution in [1.29, 1.82) is 0 Å². The van der Waals surface area contributed by atoms with Crippen molar-refractivity contribution in [2.24, 2.45) is 11.8 Å². The molecule has 4 nitrogen and oxygen atoms in total. The Morgan fingerprint density at radius 3 is 2.75 bits per heavy atom. The molecule has 1 aliphatic rings. The standard InChI is InChI=1S/C16H29NO3/c1-3-4-5-6-9-13(2)14-10-7-8-11-17(16(14)20)12-15(18)19/h13-14H,3-12H2,1-2H3,(H,18,19). The fraction of sp³-hybridized carbons (Fsp3) is 0.875. The average molecular weight is 283 g/mol. The Hall–Kier alpha value is -1.06. The molecule has 0 aliphatic carbocycles. The highest BCUT2D eigenvalue weighted by molar-refractivity contribution is 5.83. The SMILES string of the molecule is CCCCCCC(C)C1CCCCN(CC(=O)O)C1=O. The number of unbranched alkanes of at least 4 members (excludes halogenated alkanes) is 3. The molecule has 1 heterocycles. The smallest absolute Gasteiger partial charge is 0.323 e. The summed E-state index contributed by atoms with van der Waals surface area (Å²) < 4.78 is 0. The second kappa shape index (κ2) is 8.98. The van der Waals surface area contributed by atoms with Crippen LogP contribution < -0.4 is 0 Å². The predicted molar refractivity (Wildman–Crippen MR) is 79.5 cm³/mol.